The average Bonchev–Trinajstić information content (AvgIpc) is 2.75. The lowest BCUT2D eigenvalue weighted by Gasteiger charge is -2.43. The minimum Gasteiger partial charge on any atom is -0.392 e. The molecule has 0 amide bonds. The standard InChI is InChI=1S/C19H25F17O2Si/c1-6-10(3)37-39(5,38-11(4)7-2)9-8-12(20,21)13(22,23)14(24,25)15(26,27)16(28,29)17(30,31)18(32,33)19(34,35)36/h10-11H,6-9H2,1-5H3. The van der Waals surface area contributed by atoms with Crippen molar-refractivity contribution in [3.05, 3.63) is 0 Å². The van der Waals surface area contributed by atoms with Crippen LogP contribution < -0.4 is 0 Å². The first kappa shape index (κ1) is 37.9. The predicted molar refractivity (Wildman–Crippen MR) is 103 cm³/mol. The Kier molecular flexibility index (Phi) is 11.0. The Morgan fingerprint density at radius 1 is 0.513 bits per heavy atom. The monoisotopic (exact) mass is 636 g/mol. The van der Waals surface area contributed by atoms with Crippen LogP contribution in [0.25, 0.3) is 0 Å². The molecule has 2 atom stereocenters. The van der Waals surface area contributed by atoms with Crippen molar-refractivity contribution in [2.75, 3.05) is 0 Å². The summed E-state index contributed by atoms with van der Waals surface area (Å²) in [7, 11) is -4.06. The van der Waals surface area contributed by atoms with Gasteiger partial charge in [0, 0.05) is 18.6 Å². The molecule has 0 radical (unpaired) electrons. The quantitative estimate of drug-likeness (QED) is 0.132. The summed E-state index contributed by atoms with van der Waals surface area (Å²) in [5.74, 6) is -56.4. The first-order valence-corrected chi connectivity index (χ1v) is 13.5. The second-order valence-electron chi connectivity index (χ2n) is 8.96. The zero-order valence-corrected chi connectivity index (χ0v) is 21.7. The highest BCUT2D eigenvalue weighted by atomic mass is 28.4. The van der Waals surface area contributed by atoms with Crippen LogP contribution in [-0.2, 0) is 8.85 Å². The molecule has 2 unspecified atom stereocenters. The lowest BCUT2D eigenvalue weighted by Crippen LogP contribution is -2.74. The molecule has 0 N–H and O–H groups in total. The molecule has 0 saturated heterocycles. The number of halogens is 17. The van der Waals surface area contributed by atoms with E-state index < -0.39 is 80.9 Å². The van der Waals surface area contributed by atoms with Gasteiger partial charge in [-0.15, -0.1) is 0 Å². The van der Waals surface area contributed by atoms with E-state index >= 15 is 0 Å². The molecule has 0 spiro atoms. The normalized spacial score (nSPS) is 18.6. The molecular weight excluding hydrogens is 611 g/mol. The predicted octanol–water partition coefficient (Wildman–Crippen LogP) is 9.09. The van der Waals surface area contributed by atoms with Crippen molar-refractivity contribution < 1.29 is 83.5 Å². The second kappa shape index (κ2) is 11.3. The molecule has 0 aliphatic rings. The first-order chi connectivity index (χ1) is 16.9. The van der Waals surface area contributed by atoms with Crippen molar-refractivity contribution in [2.24, 2.45) is 0 Å². The van der Waals surface area contributed by atoms with E-state index in [-0.39, 0.29) is 12.8 Å². The zero-order chi connectivity index (χ0) is 31.9. The summed E-state index contributed by atoms with van der Waals surface area (Å²) in [6.07, 6.45) is -11.6. The van der Waals surface area contributed by atoms with Crippen molar-refractivity contribution in [3.63, 3.8) is 0 Å². The number of rotatable bonds is 15. The molecule has 39 heavy (non-hydrogen) atoms. The van der Waals surface area contributed by atoms with Crippen LogP contribution in [0.15, 0.2) is 0 Å². The van der Waals surface area contributed by atoms with Gasteiger partial charge in [-0.2, -0.15) is 74.6 Å². The van der Waals surface area contributed by atoms with Gasteiger partial charge in [-0.25, -0.2) is 0 Å². The van der Waals surface area contributed by atoms with E-state index in [1.807, 2.05) is 0 Å². The summed E-state index contributed by atoms with van der Waals surface area (Å²) < 4.78 is 239. The van der Waals surface area contributed by atoms with Crippen molar-refractivity contribution >= 4 is 8.56 Å². The molecule has 20 heteroatoms. The Bertz CT molecular complexity index is 800. The van der Waals surface area contributed by atoms with Crippen LogP contribution in [0.2, 0.25) is 12.6 Å². The molecule has 0 heterocycles. The molecule has 0 bridgehead atoms. The fourth-order valence-corrected chi connectivity index (χ4v) is 6.00. The van der Waals surface area contributed by atoms with Gasteiger partial charge in [0.1, 0.15) is 0 Å². The number of hydrogen-bond donors (Lipinski definition) is 0. The molecule has 0 saturated carbocycles. The molecular formula is C19H25F17O2Si. The van der Waals surface area contributed by atoms with Crippen molar-refractivity contribution in [1.29, 1.82) is 0 Å². The molecule has 0 aliphatic heterocycles. The first-order valence-electron chi connectivity index (χ1n) is 10.9. The summed E-state index contributed by atoms with van der Waals surface area (Å²) in [6, 6.07) is -1.38. The van der Waals surface area contributed by atoms with Crippen LogP contribution >= 0.6 is 0 Å². The van der Waals surface area contributed by atoms with Gasteiger partial charge in [0.15, 0.2) is 0 Å². The van der Waals surface area contributed by atoms with Gasteiger partial charge in [-0.05, 0) is 39.3 Å². The maximum absolute atomic E-state index is 14.3. The Balaban J connectivity index is 6.54. The molecule has 0 fully saturated rings. The maximum atomic E-state index is 14.3. The Hall–Kier alpha value is -1.05. The van der Waals surface area contributed by atoms with E-state index in [2.05, 4.69) is 0 Å². The van der Waals surface area contributed by atoms with Gasteiger partial charge in [-0.3, -0.25) is 0 Å². The molecule has 0 aromatic carbocycles. The summed E-state index contributed by atoms with van der Waals surface area (Å²) in [5, 5.41) is 0. The number of hydrogen-bond acceptors (Lipinski definition) is 2. The lowest BCUT2D eigenvalue weighted by molar-refractivity contribution is -0.461. The van der Waals surface area contributed by atoms with Crippen LogP contribution in [0, 0.1) is 0 Å². The van der Waals surface area contributed by atoms with Crippen molar-refractivity contribution in [3.8, 4) is 0 Å². The van der Waals surface area contributed by atoms with Gasteiger partial charge in [0.2, 0.25) is 0 Å². The van der Waals surface area contributed by atoms with E-state index in [1.54, 1.807) is 0 Å². The molecule has 0 aromatic heterocycles. The van der Waals surface area contributed by atoms with Crippen molar-refractivity contribution in [1.82, 2.24) is 0 Å². The summed E-state index contributed by atoms with van der Waals surface area (Å²) in [4.78, 5) is 0. The van der Waals surface area contributed by atoms with Crippen molar-refractivity contribution in [2.45, 2.75) is 119 Å². The van der Waals surface area contributed by atoms with Crippen LogP contribution in [0.4, 0.5) is 74.6 Å². The summed E-state index contributed by atoms with van der Waals surface area (Å²) in [5.41, 5.74) is 0. The fraction of sp³-hybridized carbons (Fsp3) is 1.00. The minimum atomic E-state index is -8.63. The van der Waals surface area contributed by atoms with E-state index in [0.29, 0.717) is 0 Å². The number of alkyl halides is 17. The van der Waals surface area contributed by atoms with Crippen LogP contribution in [-0.4, -0.2) is 68.4 Å². The van der Waals surface area contributed by atoms with Gasteiger partial charge in [0.25, 0.3) is 0 Å². The van der Waals surface area contributed by atoms with E-state index in [9.17, 15) is 74.6 Å². The third-order valence-corrected chi connectivity index (χ3v) is 8.69. The highest BCUT2D eigenvalue weighted by Crippen LogP contribution is 2.64. The summed E-state index contributed by atoms with van der Waals surface area (Å²) in [6.45, 7) is 6.70. The topological polar surface area (TPSA) is 18.5 Å². The molecule has 2 nitrogen and oxygen atoms in total. The highest BCUT2D eigenvalue weighted by Gasteiger charge is 2.95. The fourth-order valence-electron chi connectivity index (χ4n) is 2.90. The summed E-state index contributed by atoms with van der Waals surface area (Å²) >= 11 is 0. The van der Waals surface area contributed by atoms with E-state index in [4.69, 9.17) is 8.85 Å². The highest BCUT2D eigenvalue weighted by molar-refractivity contribution is 6.66. The van der Waals surface area contributed by atoms with E-state index in [0.717, 1.165) is 6.55 Å². The third kappa shape index (κ3) is 6.56. The lowest BCUT2D eigenvalue weighted by atomic mass is 9.88. The Morgan fingerprint density at radius 2 is 0.795 bits per heavy atom. The largest absolute Gasteiger partial charge is 0.460 e. The van der Waals surface area contributed by atoms with Gasteiger partial charge in [-0.1, -0.05) is 13.8 Å². The van der Waals surface area contributed by atoms with Crippen LogP contribution in [0.1, 0.15) is 47.0 Å². The van der Waals surface area contributed by atoms with Gasteiger partial charge >= 0.3 is 56.2 Å². The maximum Gasteiger partial charge on any atom is 0.460 e. The van der Waals surface area contributed by atoms with E-state index in [1.165, 1.54) is 27.7 Å². The molecule has 0 aromatic rings. The van der Waals surface area contributed by atoms with Crippen LogP contribution in [0.5, 0.6) is 0 Å². The van der Waals surface area contributed by atoms with Gasteiger partial charge < -0.3 is 8.85 Å². The third-order valence-electron chi connectivity index (χ3n) is 5.73. The molecule has 0 aliphatic carbocycles. The SMILES string of the molecule is CCC(C)O[Si](C)(CCC(F)(F)C(F)(F)C(F)(F)C(F)(F)C(F)(F)C(F)(F)C(F)(F)C(F)(F)F)OC(C)CC. The Labute approximate surface area is 212 Å². The van der Waals surface area contributed by atoms with Gasteiger partial charge in [0.05, 0.1) is 0 Å². The smallest absolute Gasteiger partial charge is 0.392 e. The zero-order valence-electron chi connectivity index (χ0n) is 20.7. The minimum absolute atomic E-state index is 0.176. The Morgan fingerprint density at radius 3 is 1.08 bits per heavy atom. The van der Waals surface area contributed by atoms with Crippen LogP contribution in [0.3, 0.4) is 0 Å². The average molecular weight is 636 g/mol. The second-order valence-corrected chi connectivity index (χ2v) is 12.2. The molecule has 0 rings (SSSR count). The molecule has 236 valence electrons.